The summed E-state index contributed by atoms with van der Waals surface area (Å²) in [5, 5.41) is 1.60. The molecule has 6 heteroatoms. The Balaban J connectivity index is 1.54. The second-order valence-corrected chi connectivity index (χ2v) is 10.9. The van der Waals surface area contributed by atoms with Crippen LogP contribution in [-0.4, -0.2) is 21.5 Å². The molecular weight excluding hydrogens is 458 g/mol. The van der Waals surface area contributed by atoms with Crippen LogP contribution in [0, 0.1) is 6.92 Å². The van der Waals surface area contributed by atoms with Crippen molar-refractivity contribution in [1.29, 1.82) is 0 Å². The molecular formula is C29H29NO4S. The summed E-state index contributed by atoms with van der Waals surface area (Å²) in [7, 11) is -2.31. The molecule has 0 fully saturated rings. The maximum absolute atomic E-state index is 13.2. The Hall–Kier alpha value is -3.48. The van der Waals surface area contributed by atoms with Crippen LogP contribution < -0.4 is 4.72 Å². The average Bonchev–Trinajstić information content (AvgIpc) is 2.87. The van der Waals surface area contributed by atoms with Gasteiger partial charge in [0.1, 0.15) is 0 Å². The minimum atomic E-state index is -3.70. The molecule has 4 aromatic rings. The third-order valence-corrected chi connectivity index (χ3v) is 7.98. The number of benzene rings is 4. The highest BCUT2D eigenvalue weighted by atomic mass is 32.2. The number of hydrogen-bond acceptors (Lipinski definition) is 4. The number of nitrogens with one attached hydrogen (secondary N) is 1. The van der Waals surface area contributed by atoms with Gasteiger partial charge in [-0.2, -0.15) is 0 Å². The summed E-state index contributed by atoms with van der Waals surface area (Å²) in [6.45, 7) is 5.67. The Morgan fingerprint density at radius 1 is 0.886 bits per heavy atom. The normalized spacial score (nSPS) is 12.0. The molecule has 0 aliphatic heterocycles. The molecule has 0 bridgehead atoms. The number of methoxy groups -OCH3 is 1. The molecule has 0 aromatic heterocycles. The van der Waals surface area contributed by atoms with E-state index in [-0.39, 0.29) is 12.5 Å². The Kier molecular flexibility index (Phi) is 6.79. The quantitative estimate of drug-likeness (QED) is 0.337. The van der Waals surface area contributed by atoms with Gasteiger partial charge >= 0.3 is 5.97 Å². The highest BCUT2D eigenvalue weighted by Crippen LogP contribution is 2.30. The monoisotopic (exact) mass is 487 g/mol. The van der Waals surface area contributed by atoms with E-state index in [9.17, 15) is 13.2 Å². The number of hydrogen-bond donors (Lipinski definition) is 1. The van der Waals surface area contributed by atoms with Gasteiger partial charge in [-0.1, -0.05) is 84.9 Å². The van der Waals surface area contributed by atoms with E-state index in [4.69, 9.17) is 4.74 Å². The van der Waals surface area contributed by atoms with Crippen LogP contribution in [0.5, 0.6) is 0 Å². The minimum absolute atomic E-state index is 0.181. The largest absolute Gasteiger partial charge is 0.468 e. The summed E-state index contributed by atoms with van der Waals surface area (Å²) in [6.07, 6.45) is 0. The number of esters is 1. The molecule has 0 saturated heterocycles. The molecule has 5 nitrogen and oxygen atoms in total. The van der Waals surface area contributed by atoms with Gasteiger partial charge in [-0.15, -0.1) is 0 Å². The van der Waals surface area contributed by atoms with Crippen LogP contribution in [0.25, 0.3) is 21.9 Å². The van der Waals surface area contributed by atoms with Crippen LogP contribution >= 0.6 is 0 Å². The summed E-state index contributed by atoms with van der Waals surface area (Å²) in [5.74, 6) is -0.293. The Morgan fingerprint density at radius 3 is 2.31 bits per heavy atom. The van der Waals surface area contributed by atoms with E-state index in [2.05, 4.69) is 4.72 Å². The summed E-state index contributed by atoms with van der Waals surface area (Å²) >= 11 is 0. The Bertz CT molecular complexity index is 1490. The molecule has 4 rings (SSSR count). The lowest BCUT2D eigenvalue weighted by molar-refractivity contribution is -0.146. The molecule has 180 valence electrons. The lowest BCUT2D eigenvalue weighted by Gasteiger charge is -2.22. The lowest BCUT2D eigenvalue weighted by atomic mass is 9.83. The number of ether oxygens (including phenoxy) is 1. The van der Waals surface area contributed by atoms with Crippen LogP contribution in [0.15, 0.2) is 89.8 Å². The molecule has 35 heavy (non-hydrogen) atoms. The van der Waals surface area contributed by atoms with Crippen molar-refractivity contribution >= 4 is 26.8 Å². The van der Waals surface area contributed by atoms with Crippen molar-refractivity contribution in [3.63, 3.8) is 0 Å². The first-order valence-corrected chi connectivity index (χ1v) is 12.9. The van der Waals surface area contributed by atoms with E-state index < -0.39 is 15.4 Å². The van der Waals surface area contributed by atoms with Crippen molar-refractivity contribution in [3.8, 4) is 11.1 Å². The molecule has 0 spiro atoms. The zero-order chi connectivity index (χ0) is 25.2. The van der Waals surface area contributed by atoms with Crippen LogP contribution in [0.3, 0.4) is 0 Å². The fraction of sp³-hybridized carbons (Fsp3) is 0.207. The van der Waals surface area contributed by atoms with Crippen molar-refractivity contribution in [2.75, 3.05) is 7.11 Å². The number of carbonyl (C=O) groups excluding carboxylic acids is 1. The van der Waals surface area contributed by atoms with E-state index in [1.54, 1.807) is 0 Å². The van der Waals surface area contributed by atoms with Crippen molar-refractivity contribution in [3.05, 3.63) is 102 Å². The van der Waals surface area contributed by atoms with Gasteiger partial charge in [-0.3, -0.25) is 4.79 Å². The maximum atomic E-state index is 13.2. The molecule has 0 heterocycles. The van der Waals surface area contributed by atoms with Gasteiger partial charge in [0.15, 0.2) is 0 Å². The van der Waals surface area contributed by atoms with E-state index >= 15 is 0 Å². The van der Waals surface area contributed by atoms with E-state index in [0.717, 1.165) is 27.6 Å². The number of carbonyl (C=O) groups is 1. The molecule has 0 amide bonds. The van der Waals surface area contributed by atoms with Crippen molar-refractivity contribution in [2.45, 2.75) is 37.6 Å². The zero-order valence-corrected chi connectivity index (χ0v) is 21.1. The Morgan fingerprint density at radius 2 is 1.60 bits per heavy atom. The van der Waals surface area contributed by atoms with Gasteiger partial charge in [0, 0.05) is 11.9 Å². The highest BCUT2D eigenvalue weighted by Gasteiger charge is 2.31. The van der Waals surface area contributed by atoms with Crippen LogP contribution in [0.4, 0.5) is 0 Å². The molecule has 0 radical (unpaired) electrons. The topological polar surface area (TPSA) is 72.5 Å². The third-order valence-electron chi connectivity index (χ3n) is 6.38. The minimum Gasteiger partial charge on any atom is -0.468 e. The van der Waals surface area contributed by atoms with Crippen LogP contribution in [0.2, 0.25) is 0 Å². The first-order chi connectivity index (χ1) is 16.6. The molecule has 0 saturated carbocycles. The van der Waals surface area contributed by atoms with Crippen molar-refractivity contribution < 1.29 is 17.9 Å². The summed E-state index contributed by atoms with van der Waals surface area (Å²) in [5.41, 5.74) is 3.61. The van der Waals surface area contributed by atoms with Gasteiger partial charge < -0.3 is 4.74 Å². The van der Waals surface area contributed by atoms with Crippen molar-refractivity contribution in [1.82, 2.24) is 4.72 Å². The summed E-state index contributed by atoms with van der Waals surface area (Å²) < 4.78 is 34.1. The standard InChI is InChI=1S/C29H29NO4S/c1-20-12-15-23-8-5-6-11-26(23)27(20)35(32,33)30-19-21-13-16-22(17-14-21)24-9-7-10-25(18-24)29(2,3)28(31)34-4/h5-18,30H,19H2,1-4H3. The SMILES string of the molecule is COC(=O)C(C)(C)c1cccc(-c2ccc(CNS(=O)(=O)c3c(C)ccc4ccccc34)cc2)c1. The second-order valence-electron chi connectivity index (χ2n) is 9.15. The zero-order valence-electron chi connectivity index (χ0n) is 20.3. The van der Waals surface area contributed by atoms with Gasteiger partial charge in [0.2, 0.25) is 10.0 Å². The summed E-state index contributed by atoms with van der Waals surface area (Å²) in [6, 6.07) is 26.8. The van der Waals surface area contributed by atoms with Gasteiger partial charge in [-0.05, 0) is 54.0 Å². The molecule has 1 N–H and O–H groups in total. The van der Waals surface area contributed by atoms with E-state index in [1.807, 2.05) is 106 Å². The predicted octanol–water partition coefficient (Wildman–Crippen LogP) is 5.74. The third kappa shape index (κ3) is 4.99. The molecule has 4 aromatic carbocycles. The lowest BCUT2D eigenvalue weighted by Crippen LogP contribution is -2.30. The highest BCUT2D eigenvalue weighted by molar-refractivity contribution is 7.89. The first-order valence-electron chi connectivity index (χ1n) is 11.4. The fourth-order valence-electron chi connectivity index (χ4n) is 4.23. The number of rotatable bonds is 7. The number of aryl methyl sites for hydroxylation is 1. The smallest absolute Gasteiger partial charge is 0.315 e. The van der Waals surface area contributed by atoms with E-state index in [1.165, 1.54) is 7.11 Å². The van der Waals surface area contributed by atoms with Crippen LogP contribution in [0.1, 0.15) is 30.5 Å². The van der Waals surface area contributed by atoms with Crippen molar-refractivity contribution in [2.24, 2.45) is 0 Å². The molecule has 0 aliphatic carbocycles. The molecule has 0 aliphatic rings. The van der Waals surface area contributed by atoms with Gasteiger partial charge in [-0.25, -0.2) is 13.1 Å². The predicted molar refractivity (Wildman–Crippen MR) is 140 cm³/mol. The maximum Gasteiger partial charge on any atom is 0.315 e. The van der Waals surface area contributed by atoms with Gasteiger partial charge in [0.25, 0.3) is 0 Å². The fourth-order valence-corrected chi connectivity index (χ4v) is 5.70. The number of fused-ring (bicyclic) bond motifs is 1. The number of sulfonamides is 1. The summed E-state index contributed by atoms with van der Waals surface area (Å²) in [4.78, 5) is 12.5. The Labute approximate surface area is 206 Å². The van der Waals surface area contributed by atoms with Crippen LogP contribution in [-0.2, 0) is 31.5 Å². The molecule has 0 unspecified atom stereocenters. The first kappa shape index (κ1) is 24.6. The van der Waals surface area contributed by atoms with E-state index in [0.29, 0.717) is 15.8 Å². The van der Waals surface area contributed by atoms with Gasteiger partial charge in [0.05, 0.1) is 17.4 Å². The molecule has 0 atom stereocenters. The second kappa shape index (κ2) is 9.64. The average molecular weight is 488 g/mol.